The number of hydrogen-bond donors (Lipinski definition) is 1. The molecule has 1 aromatic carbocycles. The van der Waals surface area contributed by atoms with E-state index < -0.39 is 11.6 Å². The van der Waals surface area contributed by atoms with Gasteiger partial charge in [0.15, 0.2) is 11.6 Å². The normalized spacial score (nSPS) is 21.5. The minimum atomic E-state index is -0.946. The average molecular weight is 218 g/mol. The molecule has 1 nitrogen and oxygen atoms in total. The fraction of sp³-hybridized carbons (Fsp3) is 0.400. The minimum absolute atomic E-state index is 0.0672. The zero-order valence-electron chi connectivity index (χ0n) is 7.49. The Kier molecular flexibility index (Phi) is 2.70. The lowest BCUT2D eigenvalue weighted by Gasteiger charge is -2.12. The van der Waals surface area contributed by atoms with E-state index in [9.17, 15) is 8.78 Å². The fourth-order valence-electron chi connectivity index (χ4n) is 1.76. The highest BCUT2D eigenvalue weighted by molar-refractivity contribution is 6.31. The van der Waals surface area contributed by atoms with Crippen LogP contribution in [0.3, 0.4) is 0 Å². The number of halogens is 3. The Morgan fingerprint density at radius 3 is 2.79 bits per heavy atom. The maximum atomic E-state index is 13.1. The molecule has 14 heavy (non-hydrogen) atoms. The molecule has 1 atom stereocenters. The van der Waals surface area contributed by atoms with Crippen LogP contribution < -0.4 is 5.32 Å². The standard InChI is InChI=1S/C10H10ClF2N/c11-9-6(8-2-1-5-14-8)3-4-7(12)10(9)13/h3-4,8,14H,1-2,5H2. The van der Waals surface area contributed by atoms with Crippen molar-refractivity contribution in [1.82, 2.24) is 5.32 Å². The van der Waals surface area contributed by atoms with Gasteiger partial charge in [-0.25, -0.2) is 8.78 Å². The Labute approximate surface area is 86.1 Å². The first-order valence-electron chi connectivity index (χ1n) is 4.57. The lowest BCUT2D eigenvalue weighted by Crippen LogP contribution is -2.13. The molecule has 1 N–H and O–H groups in total. The Bertz CT molecular complexity index is 348. The highest BCUT2D eigenvalue weighted by Gasteiger charge is 2.21. The number of hydrogen-bond acceptors (Lipinski definition) is 1. The van der Waals surface area contributed by atoms with Gasteiger partial charge in [-0.2, -0.15) is 0 Å². The summed E-state index contributed by atoms with van der Waals surface area (Å²) in [5.41, 5.74) is 0.656. The number of benzene rings is 1. The molecular formula is C10H10ClF2N. The van der Waals surface area contributed by atoms with Crippen LogP contribution >= 0.6 is 11.6 Å². The van der Waals surface area contributed by atoms with E-state index >= 15 is 0 Å². The molecule has 1 aromatic rings. The van der Waals surface area contributed by atoms with Crippen LogP contribution in [0, 0.1) is 11.6 Å². The number of rotatable bonds is 1. The first-order chi connectivity index (χ1) is 6.70. The Balaban J connectivity index is 2.38. The van der Waals surface area contributed by atoms with Crippen molar-refractivity contribution in [3.63, 3.8) is 0 Å². The summed E-state index contributed by atoms with van der Waals surface area (Å²) in [6.45, 7) is 0.903. The van der Waals surface area contributed by atoms with Gasteiger partial charge in [0.25, 0.3) is 0 Å². The van der Waals surface area contributed by atoms with Crippen LogP contribution in [0.25, 0.3) is 0 Å². The monoisotopic (exact) mass is 217 g/mol. The van der Waals surface area contributed by atoms with Crippen molar-refractivity contribution >= 4 is 11.6 Å². The fourth-order valence-corrected chi connectivity index (χ4v) is 2.04. The summed E-state index contributed by atoms with van der Waals surface area (Å²) >= 11 is 5.72. The molecule has 1 aliphatic rings. The van der Waals surface area contributed by atoms with Crippen molar-refractivity contribution in [1.29, 1.82) is 0 Å². The highest BCUT2D eigenvalue weighted by atomic mass is 35.5. The summed E-state index contributed by atoms with van der Waals surface area (Å²) in [6.07, 6.45) is 1.96. The second kappa shape index (κ2) is 3.83. The predicted molar refractivity (Wildman–Crippen MR) is 51.3 cm³/mol. The molecule has 1 unspecified atom stereocenters. The maximum absolute atomic E-state index is 13.1. The first-order valence-corrected chi connectivity index (χ1v) is 4.94. The van der Waals surface area contributed by atoms with Gasteiger partial charge in [-0.05, 0) is 31.0 Å². The van der Waals surface area contributed by atoms with E-state index in [2.05, 4.69) is 5.32 Å². The van der Waals surface area contributed by atoms with Crippen molar-refractivity contribution in [3.8, 4) is 0 Å². The van der Waals surface area contributed by atoms with Gasteiger partial charge < -0.3 is 5.32 Å². The van der Waals surface area contributed by atoms with E-state index in [1.807, 2.05) is 0 Å². The molecule has 76 valence electrons. The summed E-state index contributed by atoms with van der Waals surface area (Å²) in [5.74, 6) is -1.84. The third kappa shape index (κ3) is 1.62. The van der Waals surface area contributed by atoms with Gasteiger partial charge in [0.05, 0.1) is 5.02 Å². The van der Waals surface area contributed by atoms with Crippen LogP contribution in [-0.4, -0.2) is 6.54 Å². The van der Waals surface area contributed by atoms with Crippen LogP contribution in [-0.2, 0) is 0 Å². The Morgan fingerprint density at radius 2 is 2.14 bits per heavy atom. The predicted octanol–water partition coefficient (Wildman–Crippen LogP) is 3.04. The second-order valence-corrected chi connectivity index (χ2v) is 3.79. The second-order valence-electron chi connectivity index (χ2n) is 3.41. The van der Waals surface area contributed by atoms with Gasteiger partial charge in [0.2, 0.25) is 0 Å². The quantitative estimate of drug-likeness (QED) is 0.713. The van der Waals surface area contributed by atoms with E-state index in [1.165, 1.54) is 0 Å². The molecule has 0 bridgehead atoms. The van der Waals surface area contributed by atoms with Gasteiger partial charge in [-0.15, -0.1) is 0 Å². The van der Waals surface area contributed by atoms with Crippen LogP contribution in [0.2, 0.25) is 5.02 Å². The molecule has 1 heterocycles. The molecule has 0 radical (unpaired) electrons. The van der Waals surface area contributed by atoms with Gasteiger partial charge in [-0.3, -0.25) is 0 Å². The maximum Gasteiger partial charge on any atom is 0.177 e. The van der Waals surface area contributed by atoms with Crippen molar-refractivity contribution in [2.45, 2.75) is 18.9 Å². The van der Waals surface area contributed by atoms with Gasteiger partial charge in [0, 0.05) is 6.04 Å². The van der Waals surface area contributed by atoms with Crippen molar-refractivity contribution in [2.24, 2.45) is 0 Å². The third-order valence-corrected chi connectivity index (χ3v) is 2.88. The van der Waals surface area contributed by atoms with Gasteiger partial charge in [-0.1, -0.05) is 17.7 Å². The highest BCUT2D eigenvalue weighted by Crippen LogP contribution is 2.31. The van der Waals surface area contributed by atoms with Crippen molar-refractivity contribution < 1.29 is 8.78 Å². The largest absolute Gasteiger partial charge is 0.310 e. The van der Waals surface area contributed by atoms with Crippen LogP contribution in [0.5, 0.6) is 0 Å². The molecule has 0 amide bonds. The Hall–Kier alpha value is -0.670. The van der Waals surface area contributed by atoms with E-state index in [0.717, 1.165) is 25.5 Å². The molecular weight excluding hydrogens is 208 g/mol. The zero-order valence-corrected chi connectivity index (χ0v) is 8.24. The molecule has 0 aromatic heterocycles. The van der Waals surface area contributed by atoms with Gasteiger partial charge in [0.1, 0.15) is 0 Å². The smallest absolute Gasteiger partial charge is 0.177 e. The van der Waals surface area contributed by atoms with Crippen molar-refractivity contribution in [2.75, 3.05) is 6.54 Å². The summed E-state index contributed by atoms with van der Waals surface area (Å²) in [7, 11) is 0. The molecule has 1 saturated heterocycles. The molecule has 0 aliphatic carbocycles. The topological polar surface area (TPSA) is 12.0 Å². The Morgan fingerprint density at radius 1 is 1.36 bits per heavy atom. The zero-order chi connectivity index (χ0) is 10.1. The first kappa shape index (κ1) is 9.87. The molecule has 1 fully saturated rings. The van der Waals surface area contributed by atoms with E-state index in [-0.39, 0.29) is 11.1 Å². The average Bonchev–Trinajstić information content (AvgIpc) is 2.67. The molecule has 1 aliphatic heterocycles. The molecule has 0 spiro atoms. The molecule has 0 saturated carbocycles. The van der Waals surface area contributed by atoms with Gasteiger partial charge >= 0.3 is 0 Å². The van der Waals surface area contributed by atoms with E-state index in [0.29, 0.717) is 5.56 Å². The van der Waals surface area contributed by atoms with Crippen LogP contribution in [0.1, 0.15) is 24.4 Å². The summed E-state index contributed by atoms with van der Waals surface area (Å²) in [5, 5.41) is 3.09. The lowest BCUT2D eigenvalue weighted by molar-refractivity contribution is 0.504. The minimum Gasteiger partial charge on any atom is -0.310 e. The summed E-state index contributed by atoms with van der Waals surface area (Å²) < 4.78 is 25.9. The van der Waals surface area contributed by atoms with Crippen LogP contribution in [0.4, 0.5) is 8.78 Å². The summed E-state index contributed by atoms with van der Waals surface area (Å²) in [4.78, 5) is 0. The SMILES string of the molecule is Fc1ccc(C2CCCN2)c(Cl)c1F. The molecule has 4 heteroatoms. The van der Waals surface area contributed by atoms with E-state index in [4.69, 9.17) is 11.6 Å². The van der Waals surface area contributed by atoms with Crippen LogP contribution in [0.15, 0.2) is 12.1 Å². The third-order valence-electron chi connectivity index (χ3n) is 2.50. The lowest BCUT2D eigenvalue weighted by atomic mass is 10.1. The summed E-state index contributed by atoms with van der Waals surface area (Å²) in [6, 6.07) is 2.73. The van der Waals surface area contributed by atoms with Crippen molar-refractivity contribution in [3.05, 3.63) is 34.4 Å². The van der Waals surface area contributed by atoms with E-state index in [1.54, 1.807) is 6.07 Å². The molecule has 2 rings (SSSR count). The number of nitrogens with one attached hydrogen (secondary N) is 1.